The predicted octanol–water partition coefficient (Wildman–Crippen LogP) is 3.88. The monoisotopic (exact) mass is 522 g/mol. The number of ether oxygens (including phenoxy) is 1. The molecule has 11 heteroatoms. The minimum atomic E-state index is -0.428. The number of nitrogens with zero attached hydrogens (tertiary/aromatic N) is 4. The van der Waals surface area contributed by atoms with Gasteiger partial charge in [0.2, 0.25) is 0 Å². The molecule has 6 N–H and O–H groups in total. The highest BCUT2D eigenvalue weighted by Crippen LogP contribution is 2.33. The molecule has 0 aliphatic heterocycles. The summed E-state index contributed by atoms with van der Waals surface area (Å²) in [6.07, 6.45) is 1.67. The molecule has 2 heterocycles. The number of aromatic nitrogens is 3. The number of amides is 1. The fourth-order valence-electron chi connectivity index (χ4n) is 3.40. The van der Waals surface area contributed by atoms with E-state index in [4.69, 9.17) is 28.0 Å². The molecule has 0 spiro atoms. The molecule has 4 aromatic rings. The number of hydrogen-bond donors (Lipinski definition) is 4. The van der Waals surface area contributed by atoms with Crippen molar-refractivity contribution < 1.29 is 9.53 Å². The summed E-state index contributed by atoms with van der Waals surface area (Å²) in [7, 11) is 1.59. The summed E-state index contributed by atoms with van der Waals surface area (Å²) in [5.41, 5.74) is 5.35. The van der Waals surface area contributed by atoms with Gasteiger partial charge in [-0.2, -0.15) is 10.2 Å². The van der Waals surface area contributed by atoms with Gasteiger partial charge in [0.1, 0.15) is 5.75 Å². The summed E-state index contributed by atoms with van der Waals surface area (Å²) in [5.74, 6) is 11.8. The van der Waals surface area contributed by atoms with Gasteiger partial charge in [0.05, 0.1) is 30.6 Å². The van der Waals surface area contributed by atoms with Crippen molar-refractivity contribution in [3.05, 3.63) is 71.5 Å². The Balaban J connectivity index is 0.000000886. The Morgan fingerprint density at radius 3 is 2.57 bits per heavy atom. The number of fused-ring (bicyclic) bond motifs is 1. The highest BCUT2D eigenvalue weighted by Gasteiger charge is 2.20. The summed E-state index contributed by atoms with van der Waals surface area (Å²) in [6.45, 7) is 6.51. The minimum absolute atomic E-state index is 0.0133. The molecule has 194 valence electrons. The second-order valence-electron chi connectivity index (χ2n) is 8.65. The van der Waals surface area contributed by atoms with Crippen LogP contribution in [0.5, 0.6) is 5.75 Å². The first-order valence-corrected chi connectivity index (χ1v) is 12.0. The van der Waals surface area contributed by atoms with Gasteiger partial charge in [0, 0.05) is 22.2 Å². The van der Waals surface area contributed by atoms with Gasteiger partial charge in [-0.3, -0.25) is 9.78 Å². The summed E-state index contributed by atoms with van der Waals surface area (Å²) in [6, 6.07) is 16.4. The molecular weight excluding hydrogens is 492 g/mol. The van der Waals surface area contributed by atoms with Crippen LogP contribution in [0.1, 0.15) is 31.3 Å². The van der Waals surface area contributed by atoms with Gasteiger partial charge in [0.25, 0.3) is 5.91 Å². The molecule has 0 saturated heterocycles. The van der Waals surface area contributed by atoms with Crippen molar-refractivity contribution in [3.63, 3.8) is 0 Å². The minimum Gasteiger partial charge on any atom is -0.496 e. The number of hydrogen-bond acceptors (Lipinski definition) is 7. The maximum Gasteiger partial charge on any atom is 0.272 e. The number of hydrazine groups is 1. The Morgan fingerprint density at radius 2 is 1.89 bits per heavy atom. The standard InChI is InChI=1S/C22H21ClN8O2.C4H10/c1-33-20-5-3-2-4-15(20)19-11-17(22(32)27-12-21(28-24)29-25)30-31(19)18-8-9-26-16-10-13(23)6-7-14(16)18;1-4(2)3/h2-11H,12,24-25H2,1H3,(H,27,32)(H,28,29);4H,1-3H3. The number of amidine groups is 1. The first kappa shape index (κ1) is 27.4. The van der Waals surface area contributed by atoms with E-state index in [9.17, 15) is 4.79 Å². The van der Waals surface area contributed by atoms with Crippen LogP contribution in [-0.4, -0.2) is 40.2 Å². The second kappa shape index (κ2) is 12.7. The van der Waals surface area contributed by atoms with Crippen molar-refractivity contribution in [1.29, 1.82) is 0 Å². The average Bonchev–Trinajstić information content (AvgIpc) is 3.33. The maximum absolute atomic E-state index is 12.9. The normalized spacial score (nSPS) is 11.2. The van der Waals surface area contributed by atoms with Crippen LogP contribution in [0.3, 0.4) is 0 Å². The Hall–Kier alpha value is -4.15. The number of para-hydroxylation sites is 1. The van der Waals surface area contributed by atoms with Gasteiger partial charge in [-0.1, -0.05) is 44.5 Å². The number of rotatable bonds is 6. The number of nitrogens with two attached hydrogens (primary N) is 2. The molecule has 0 radical (unpaired) electrons. The van der Waals surface area contributed by atoms with Crippen molar-refractivity contribution in [2.75, 3.05) is 13.7 Å². The summed E-state index contributed by atoms with van der Waals surface area (Å²) in [5, 5.41) is 12.1. The number of halogens is 1. The molecule has 0 unspecified atom stereocenters. The molecule has 0 saturated carbocycles. The number of nitrogens with one attached hydrogen (secondary N) is 2. The molecule has 2 aromatic heterocycles. The lowest BCUT2D eigenvalue weighted by Crippen LogP contribution is -2.41. The SMILES string of the molecule is CC(C)C.COc1ccccc1-c1cc(C(=O)NC/C(=N/N)NN)nn1-c1ccnc2cc(Cl)ccc12. The van der Waals surface area contributed by atoms with E-state index in [0.29, 0.717) is 22.0 Å². The highest BCUT2D eigenvalue weighted by atomic mass is 35.5. The van der Waals surface area contributed by atoms with E-state index < -0.39 is 5.91 Å². The first-order chi connectivity index (χ1) is 17.8. The molecule has 0 bridgehead atoms. The molecule has 0 atom stereocenters. The fourth-order valence-corrected chi connectivity index (χ4v) is 3.57. The van der Waals surface area contributed by atoms with E-state index in [2.05, 4.69) is 46.7 Å². The number of carbonyl (C=O) groups is 1. The summed E-state index contributed by atoms with van der Waals surface area (Å²) < 4.78 is 7.23. The molecule has 2 aromatic carbocycles. The van der Waals surface area contributed by atoms with E-state index in [1.807, 2.05) is 36.4 Å². The maximum atomic E-state index is 12.9. The van der Waals surface area contributed by atoms with E-state index in [1.165, 1.54) is 0 Å². The first-order valence-electron chi connectivity index (χ1n) is 11.6. The summed E-state index contributed by atoms with van der Waals surface area (Å²) >= 11 is 6.15. The zero-order valence-electron chi connectivity index (χ0n) is 21.2. The number of benzene rings is 2. The zero-order valence-corrected chi connectivity index (χ0v) is 22.0. The molecule has 10 nitrogen and oxygen atoms in total. The highest BCUT2D eigenvalue weighted by molar-refractivity contribution is 6.31. The molecule has 4 rings (SSSR count). The van der Waals surface area contributed by atoms with Crippen LogP contribution in [0.2, 0.25) is 5.02 Å². The van der Waals surface area contributed by atoms with E-state index >= 15 is 0 Å². The largest absolute Gasteiger partial charge is 0.496 e. The summed E-state index contributed by atoms with van der Waals surface area (Å²) in [4.78, 5) is 17.3. The number of methoxy groups -OCH3 is 1. The third kappa shape index (κ3) is 6.75. The van der Waals surface area contributed by atoms with Crippen molar-refractivity contribution in [2.24, 2.45) is 22.7 Å². The lowest BCUT2D eigenvalue weighted by Gasteiger charge is -2.12. The Morgan fingerprint density at radius 1 is 1.16 bits per heavy atom. The molecule has 0 aliphatic carbocycles. The van der Waals surface area contributed by atoms with Crippen LogP contribution in [0.25, 0.3) is 27.8 Å². The number of carbonyl (C=O) groups excluding carboxylic acids is 1. The zero-order chi connectivity index (χ0) is 26.9. The Kier molecular flexibility index (Phi) is 9.42. The van der Waals surface area contributed by atoms with Crippen molar-refractivity contribution in [1.82, 2.24) is 25.5 Å². The number of pyridine rings is 1. The van der Waals surface area contributed by atoms with Crippen molar-refractivity contribution in [3.8, 4) is 22.7 Å². The smallest absolute Gasteiger partial charge is 0.272 e. The van der Waals surface area contributed by atoms with Gasteiger partial charge in [-0.05, 0) is 48.4 Å². The Bertz CT molecular complexity index is 1400. The van der Waals surface area contributed by atoms with Crippen LogP contribution in [0, 0.1) is 5.92 Å². The number of hydrazone groups is 1. The molecule has 0 fully saturated rings. The molecule has 37 heavy (non-hydrogen) atoms. The van der Waals surface area contributed by atoms with Crippen molar-refractivity contribution >= 4 is 34.2 Å². The van der Waals surface area contributed by atoms with Gasteiger partial charge < -0.3 is 21.3 Å². The predicted molar refractivity (Wildman–Crippen MR) is 148 cm³/mol. The van der Waals surface area contributed by atoms with Crippen LogP contribution >= 0.6 is 11.6 Å². The molecular formula is C26H31ClN8O2. The third-order valence-corrected chi connectivity index (χ3v) is 5.21. The molecule has 0 aliphatic rings. The van der Waals surface area contributed by atoms with Gasteiger partial charge in [-0.15, -0.1) is 0 Å². The van der Waals surface area contributed by atoms with E-state index in [-0.39, 0.29) is 18.1 Å². The van der Waals surface area contributed by atoms with Crippen molar-refractivity contribution in [2.45, 2.75) is 20.8 Å². The van der Waals surface area contributed by atoms with Gasteiger partial charge in [-0.25, -0.2) is 10.5 Å². The second-order valence-corrected chi connectivity index (χ2v) is 9.09. The fraction of sp³-hybridized carbons (Fsp3) is 0.231. The quantitative estimate of drug-likeness (QED) is 0.130. The lowest BCUT2D eigenvalue weighted by atomic mass is 10.1. The topological polar surface area (TPSA) is 145 Å². The van der Waals surface area contributed by atoms with Crippen LogP contribution in [0.4, 0.5) is 0 Å². The van der Waals surface area contributed by atoms with E-state index in [0.717, 1.165) is 22.6 Å². The van der Waals surface area contributed by atoms with Gasteiger partial charge >= 0.3 is 0 Å². The molecule has 1 amide bonds. The third-order valence-electron chi connectivity index (χ3n) is 4.97. The van der Waals surface area contributed by atoms with Crippen LogP contribution in [-0.2, 0) is 0 Å². The van der Waals surface area contributed by atoms with E-state index in [1.54, 1.807) is 36.2 Å². The Labute approximate surface area is 220 Å². The average molecular weight is 523 g/mol. The van der Waals surface area contributed by atoms with Crippen LogP contribution in [0.15, 0.2) is 65.9 Å². The van der Waals surface area contributed by atoms with Crippen LogP contribution < -0.4 is 27.2 Å². The van der Waals surface area contributed by atoms with Gasteiger partial charge in [0.15, 0.2) is 11.5 Å². The lowest BCUT2D eigenvalue weighted by molar-refractivity contribution is 0.0953.